The molecule has 0 atom stereocenters. The Morgan fingerprint density at radius 2 is 2.08 bits per heavy atom. The quantitative estimate of drug-likeness (QED) is 0.648. The van der Waals surface area contributed by atoms with Gasteiger partial charge in [0.25, 0.3) is 0 Å². The van der Waals surface area contributed by atoms with E-state index < -0.39 is 0 Å². The van der Waals surface area contributed by atoms with Gasteiger partial charge in [-0.05, 0) is 26.0 Å². The van der Waals surface area contributed by atoms with Crippen molar-refractivity contribution < 1.29 is 0 Å². The largest absolute Gasteiger partial charge is 0.344 e. The molecule has 3 N–H and O–H groups in total. The molecular weight excluding hydrogens is 162 g/mol. The summed E-state index contributed by atoms with van der Waals surface area (Å²) < 4.78 is 0. The molecule has 0 saturated heterocycles. The van der Waals surface area contributed by atoms with Gasteiger partial charge in [0.15, 0.2) is 0 Å². The Kier molecular flexibility index (Phi) is 5.89. The molecule has 0 aromatic rings. The van der Waals surface area contributed by atoms with Crippen molar-refractivity contribution in [2.75, 3.05) is 6.54 Å². The minimum atomic E-state index is 0.520. The maximum absolute atomic E-state index is 5.35. The number of nitrogens with one attached hydrogen (secondary N) is 1. The third-order valence-corrected chi connectivity index (χ3v) is 1.36. The van der Waals surface area contributed by atoms with Gasteiger partial charge in [0.05, 0.1) is 0 Å². The van der Waals surface area contributed by atoms with Gasteiger partial charge < -0.3 is 11.1 Å². The van der Waals surface area contributed by atoms with Crippen molar-refractivity contribution in [2.24, 2.45) is 10.7 Å². The van der Waals surface area contributed by atoms with Gasteiger partial charge in [-0.3, -0.25) is 0 Å². The van der Waals surface area contributed by atoms with Crippen molar-refractivity contribution in [1.82, 2.24) is 5.32 Å². The second-order valence-corrected chi connectivity index (χ2v) is 2.53. The molecule has 0 fully saturated rings. The Bertz CT molecular complexity index is 237. The van der Waals surface area contributed by atoms with E-state index in [1.165, 1.54) is 0 Å². The summed E-state index contributed by atoms with van der Waals surface area (Å²) in [5.41, 5.74) is 7.47. The first-order chi connectivity index (χ1) is 6.22. The molecule has 0 aromatic heterocycles. The number of nitrogens with zero attached hydrogens (tertiary/aromatic N) is 1. The van der Waals surface area contributed by atoms with E-state index in [9.17, 15) is 0 Å². The van der Waals surface area contributed by atoms with Crippen molar-refractivity contribution in [3.05, 3.63) is 23.7 Å². The predicted molar refractivity (Wildman–Crippen MR) is 58.5 cm³/mol. The fraction of sp³-hybridized carbons (Fsp3) is 0.500. The highest BCUT2D eigenvalue weighted by molar-refractivity contribution is 5.94. The lowest BCUT2D eigenvalue weighted by atomic mass is 10.3. The van der Waals surface area contributed by atoms with Crippen LogP contribution in [-0.2, 0) is 0 Å². The van der Waals surface area contributed by atoms with Crippen molar-refractivity contribution in [3.63, 3.8) is 0 Å². The fourth-order valence-corrected chi connectivity index (χ4v) is 1.01. The molecule has 74 valence electrons. The zero-order chi connectivity index (χ0) is 10.3. The molecule has 0 amide bonds. The van der Waals surface area contributed by atoms with Crippen molar-refractivity contribution >= 4 is 5.71 Å². The smallest absolute Gasteiger partial charge is 0.127 e. The lowest BCUT2D eigenvalue weighted by molar-refractivity contribution is 0.921. The van der Waals surface area contributed by atoms with Crippen LogP contribution in [-0.4, -0.2) is 12.3 Å². The first-order valence-corrected chi connectivity index (χ1v) is 4.63. The molecule has 3 heteroatoms. The molecule has 0 saturated carbocycles. The van der Waals surface area contributed by atoms with Crippen LogP contribution in [0, 0.1) is 0 Å². The van der Waals surface area contributed by atoms with E-state index in [0.717, 1.165) is 17.2 Å². The standard InChI is InChI=1S/C8H13N3.C2H6/c1-6-5-7(2)11-8(10-6)3-4-9;1-2/h3,5,10H,4,9H2,1-2H3;1-2H3/b8-3+;. The Balaban J connectivity index is 0.000000671. The highest BCUT2D eigenvalue weighted by atomic mass is 15.1. The fourth-order valence-electron chi connectivity index (χ4n) is 1.01. The number of aliphatic imine (C=N–C) groups is 1. The van der Waals surface area contributed by atoms with Crippen molar-refractivity contribution in [2.45, 2.75) is 27.7 Å². The van der Waals surface area contributed by atoms with E-state index in [1.54, 1.807) is 0 Å². The summed E-state index contributed by atoms with van der Waals surface area (Å²) >= 11 is 0. The summed E-state index contributed by atoms with van der Waals surface area (Å²) in [5.74, 6) is 0.852. The first kappa shape index (κ1) is 11.9. The minimum absolute atomic E-state index is 0.520. The van der Waals surface area contributed by atoms with E-state index in [2.05, 4.69) is 10.3 Å². The van der Waals surface area contributed by atoms with Gasteiger partial charge in [0, 0.05) is 18.0 Å². The molecule has 0 bridgehead atoms. The molecule has 3 nitrogen and oxygen atoms in total. The van der Waals surface area contributed by atoms with Crippen LogP contribution in [0.3, 0.4) is 0 Å². The molecular formula is C10H19N3. The maximum atomic E-state index is 5.35. The van der Waals surface area contributed by atoms with Gasteiger partial charge in [-0.15, -0.1) is 0 Å². The van der Waals surface area contributed by atoms with Gasteiger partial charge >= 0.3 is 0 Å². The van der Waals surface area contributed by atoms with Crippen LogP contribution in [0.2, 0.25) is 0 Å². The Labute approximate surface area is 80.4 Å². The summed E-state index contributed by atoms with van der Waals surface area (Å²) in [6, 6.07) is 0. The lowest BCUT2D eigenvalue weighted by Gasteiger charge is -2.12. The summed E-state index contributed by atoms with van der Waals surface area (Å²) in [6.07, 6.45) is 3.86. The van der Waals surface area contributed by atoms with Crippen LogP contribution < -0.4 is 11.1 Å². The lowest BCUT2D eigenvalue weighted by Crippen LogP contribution is -2.16. The molecule has 0 aromatic carbocycles. The second kappa shape index (κ2) is 6.43. The molecule has 1 heterocycles. The number of rotatable bonds is 1. The Hall–Kier alpha value is -1.09. The second-order valence-electron chi connectivity index (χ2n) is 2.53. The van der Waals surface area contributed by atoms with E-state index in [4.69, 9.17) is 5.73 Å². The zero-order valence-corrected chi connectivity index (χ0v) is 8.89. The molecule has 1 aliphatic heterocycles. The third-order valence-electron chi connectivity index (χ3n) is 1.36. The van der Waals surface area contributed by atoms with Crippen LogP contribution in [0.25, 0.3) is 0 Å². The summed E-state index contributed by atoms with van der Waals surface area (Å²) in [5, 5.41) is 3.10. The SMILES string of the molecule is CC.CC1=CC(C)=N/C(=C/CN)N1. The van der Waals surface area contributed by atoms with Gasteiger partial charge in [0.2, 0.25) is 0 Å². The van der Waals surface area contributed by atoms with Crippen molar-refractivity contribution in [1.29, 1.82) is 0 Å². The topological polar surface area (TPSA) is 50.4 Å². The Morgan fingerprint density at radius 3 is 2.54 bits per heavy atom. The van der Waals surface area contributed by atoms with Gasteiger partial charge in [-0.1, -0.05) is 13.8 Å². The maximum Gasteiger partial charge on any atom is 0.127 e. The van der Waals surface area contributed by atoms with Gasteiger partial charge in [-0.25, -0.2) is 4.99 Å². The average molecular weight is 181 g/mol. The average Bonchev–Trinajstić information content (AvgIpc) is 2.06. The molecule has 0 radical (unpaired) electrons. The normalized spacial score (nSPS) is 18.1. The van der Waals surface area contributed by atoms with E-state index >= 15 is 0 Å². The summed E-state index contributed by atoms with van der Waals surface area (Å²) in [6.45, 7) is 8.49. The molecule has 1 aliphatic rings. The number of hydrogen-bond donors (Lipinski definition) is 2. The first-order valence-electron chi connectivity index (χ1n) is 4.63. The van der Waals surface area contributed by atoms with Crippen LogP contribution in [0.5, 0.6) is 0 Å². The van der Waals surface area contributed by atoms with Crippen LogP contribution in [0.4, 0.5) is 0 Å². The van der Waals surface area contributed by atoms with Crippen molar-refractivity contribution in [3.8, 4) is 0 Å². The van der Waals surface area contributed by atoms with Crippen LogP contribution >= 0.6 is 0 Å². The monoisotopic (exact) mass is 181 g/mol. The molecule has 0 spiro atoms. The number of nitrogens with two attached hydrogens (primary N) is 1. The summed E-state index contributed by atoms with van der Waals surface area (Å²) in [4.78, 5) is 4.23. The third kappa shape index (κ3) is 4.48. The molecule has 1 rings (SSSR count). The van der Waals surface area contributed by atoms with Gasteiger partial charge in [0.1, 0.15) is 5.82 Å². The van der Waals surface area contributed by atoms with Crippen LogP contribution in [0.1, 0.15) is 27.7 Å². The van der Waals surface area contributed by atoms with E-state index in [1.807, 2.05) is 39.8 Å². The van der Waals surface area contributed by atoms with Gasteiger partial charge in [-0.2, -0.15) is 0 Å². The van der Waals surface area contributed by atoms with E-state index in [0.29, 0.717) is 6.54 Å². The minimum Gasteiger partial charge on any atom is -0.344 e. The summed E-state index contributed by atoms with van der Waals surface area (Å²) in [7, 11) is 0. The molecule has 0 unspecified atom stereocenters. The molecule has 0 aliphatic carbocycles. The zero-order valence-electron chi connectivity index (χ0n) is 8.89. The predicted octanol–water partition coefficient (Wildman–Crippen LogP) is 1.78. The number of hydrogen-bond acceptors (Lipinski definition) is 3. The van der Waals surface area contributed by atoms with Crippen LogP contribution in [0.15, 0.2) is 28.7 Å². The van der Waals surface area contributed by atoms with E-state index in [-0.39, 0.29) is 0 Å². The number of allylic oxidation sites excluding steroid dienone is 2. The highest BCUT2D eigenvalue weighted by Gasteiger charge is 2.01. The Morgan fingerprint density at radius 1 is 1.46 bits per heavy atom. The highest BCUT2D eigenvalue weighted by Crippen LogP contribution is 2.04. The molecule has 13 heavy (non-hydrogen) atoms.